The van der Waals surface area contributed by atoms with Gasteiger partial charge in [-0.2, -0.15) is 0 Å². The topological polar surface area (TPSA) is 55.1 Å². The van der Waals surface area contributed by atoms with E-state index in [1.54, 1.807) is 12.1 Å². The first kappa shape index (κ1) is 12.4. The van der Waals surface area contributed by atoms with Gasteiger partial charge in [0.25, 0.3) is 0 Å². The van der Waals surface area contributed by atoms with Gasteiger partial charge in [-0.3, -0.25) is 4.79 Å². The minimum Gasteiger partial charge on any atom is -0.436 e. The van der Waals surface area contributed by atoms with E-state index in [1.165, 1.54) is 12.5 Å². The number of oxazole rings is 1. The lowest BCUT2D eigenvalue weighted by Gasteiger charge is -1.99. The summed E-state index contributed by atoms with van der Waals surface area (Å²) in [7, 11) is 0. The quantitative estimate of drug-likeness (QED) is 0.768. The Morgan fingerprint density at radius 1 is 1.15 bits per heavy atom. The van der Waals surface area contributed by atoms with E-state index in [1.807, 2.05) is 37.3 Å². The predicted molar refractivity (Wildman–Crippen MR) is 78.5 cm³/mol. The third-order valence-electron chi connectivity index (χ3n) is 3.01. The maximum Gasteiger partial charge on any atom is 0.227 e. The summed E-state index contributed by atoms with van der Waals surface area (Å²) in [5.74, 6) is 0.478. The third kappa shape index (κ3) is 2.40. The monoisotopic (exact) mass is 266 g/mol. The van der Waals surface area contributed by atoms with Gasteiger partial charge in [-0.15, -0.1) is 0 Å². The Balaban J connectivity index is 2.01. The van der Waals surface area contributed by atoms with E-state index in [0.29, 0.717) is 17.2 Å². The predicted octanol–water partition coefficient (Wildman–Crippen LogP) is 3.76. The molecule has 3 aromatic rings. The van der Waals surface area contributed by atoms with Crippen LogP contribution in [-0.4, -0.2) is 10.9 Å². The molecule has 0 atom stereocenters. The molecule has 4 nitrogen and oxygen atoms in total. The summed E-state index contributed by atoms with van der Waals surface area (Å²) in [5, 5.41) is 2.73. The molecule has 1 heterocycles. The number of carbonyl (C=O) groups is 1. The van der Waals surface area contributed by atoms with Crippen LogP contribution in [0.25, 0.3) is 22.6 Å². The van der Waals surface area contributed by atoms with Gasteiger partial charge in [0, 0.05) is 18.2 Å². The standard InChI is InChI=1S/C16H14N2O2/c1-10-3-5-12(6-4-10)16-18-14-9-13(17-11(2)19)7-8-15(14)20-16/h3-9H,1-2H3,(H,17,19). The number of fused-ring (bicyclic) bond motifs is 1. The van der Waals surface area contributed by atoms with E-state index in [4.69, 9.17) is 4.42 Å². The Labute approximate surface area is 116 Å². The molecular formula is C16H14N2O2. The number of benzene rings is 2. The molecule has 0 aliphatic rings. The second-order valence-electron chi connectivity index (χ2n) is 4.75. The normalized spacial score (nSPS) is 10.7. The molecule has 4 heteroatoms. The van der Waals surface area contributed by atoms with Crippen LogP contribution < -0.4 is 5.32 Å². The number of rotatable bonds is 2. The van der Waals surface area contributed by atoms with Gasteiger partial charge in [-0.1, -0.05) is 17.7 Å². The molecule has 0 radical (unpaired) electrons. The SMILES string of the molecule is CC(=O)Nc1ccc2oc(-c3ccc(C)cc3)nc2c1. The highest BCUT2D eigenvalue weighted by atomic mass is 16.3. The zero-order chi connectivity index (χ0) is 14.1. The minimum absolute atomic E-state index is 0.105. The Morgan fingerprint density at radius 3 is 2.60 bits per heavy atom. The van der Waals surface area contributed by atoms with Crippen LogP contribution in [0, 0.1) is 6.92 Å². The molecule has 0 saturated carbocycles. The number of hydrogen-bond donors (Lipinski definition) is 1. The Kier molecular flexibility index (Phi) is 2.99. The number of anilines is 1. The molecule has 3 rings (SSSR count). The van der Waals surface area contributed by atoms with Crippen LogP contribution in [0.5, 0.6) is 0 Å². The van der Waals surface area contributed by atoms with Gasteiger partial charge < -0.3 is 9.73 Å². The summed E-state index contributed by atoms with van der Waals surface area (Å²) in [6, 6.07) is 13.4. The van der Waals surface area contributed by atoms with E-state index in [-0.39, 0.29) is 5.91 Å². The second kappa shape index (κ2) is 4.81. The molecule has 0 bridgehead atoms. The summed E-state index contributed by atoms with van der Waals surface area (Å²) in [6.45, 7) is 3.51. The van der Waals surface area contributed by atoms with Gasteiger partial charge in [0.15, 0.2) is 5.58 Å². The maximum atomic E-state index is 11.1. The lowest BCUT2D eigenvalue weighted by atomic mass is 10.1. The number of nitrogens with zero attached hydrogens (tertiary/aromatic N) is 1. The molecule has 0 aliphatic heterocycles. The van der Waals surface area contributed by atoms with Crippen molar-refractivity contribution in [3.8, 4) is 11.5 Å². The van der Waals surface area contributed by atoms with Crippen molar-refractivity contribution >= 4 is 22.7 Å². The van der Waals surface area contributed by atoms with Crippen LogP contribution in [-0.2, 0) is 4.79 Å². The van der Waals surface area contributed by atoms with Crippen LogP contribution in [0.4, 0.5) is 5.69 Å². The zero-order valence-corrected chi connectivity index (χ0v) is 11.3. The molecule has 0 aliphatic carbocycles. The second-order valence-corrected chi connectivity index (χ2v) is 4.75. The maximum absolute atomic E-state index is 11.1. The first-order chi connectivity index (χ1) is 9.61. The molecule has 1 amide bonds. The molecule has 100 valence electrons. The van der Waals surface area contributed by atoms with Gasteiger partial charge in [-0.05, 0) is 37.3 Å². The average molecular weight is 266 g/mol. The summed E-state index contributed by atoms with van der Waals surface area (Å²) in [4.78, 5) is 15.5. The minimum atomic E-state index is -0.105. The van der Waals surface area contributed by atoms with Gasteiger partial charge in [0.2, 0.25) is 11.8 Å². The highest BCUT2D eigenvalue weighted by Gasteiger charge is 2.09. The molecule has 1 N–H and O–H groups in total. The highest BCUT2D eigenvalue weighted by Crippen LogP contribution is 2.26. The van der Waals surface area contributed by atoms with E-state index in [2.05, 4.69) is 10.3 Å². The summed E-state index contributed by atoms with van der Waals surface area (Å²) < 4.78 is 5.73. The fourth-order valence-electron chi connectivity index (χ4n) is 2.03. The van der Waals surface area contributed by atoms with Crippen LogP contribution in [0.15, 0.2) is 46.9 Å². The van der Waals surface area contributed by atoms with E-state index in [9.17, 15) is 4.79 Å². The van der Waals surface area contributed by atoms with E-state index < -0.39 is 0 Å². The Bertz CT molecular complexity index is 773. The molecule has 20 heavy (non-hydrogen) atoms. The fraction of sp³-hybridized carbons (Fsp3) is 0.125. The number of amides is 1. The number of aryl methyl sites for hydroxylation is 1. The molecule has 0 fully saturated rings. The van der Waals surface area contributed by atoms with Gasteiger partial charge >= 0.3 is 0 Å². The summed E-state index contributed by atoms with van der Waals surface area (Å²) >= 11 is 0. The van der Waals surface area contributed by atoms with Crippen LogP contribution in [0.2, 0.25) is 0 Å². The molecule has 0 spiro atoms. The summed E-state index contributed by atoms with van der Waals surface area (Å²) in [6.07, 6.45) is 0. The van der Waals surface area contributed by atoms with Crippen molar-refractivity contribution in [3.05, 3.63) is 48.0 Å². The number of aromatic nitrogens is 1. The summed E-state index contributed by atoms with van der Waals surface area (Å²) in [5.41, 5.74) is 4.28. The van der Waals surface area contributed by atoms with Gasteiger partial charge in [0.05, 0.1) is 0 Å². The van der Waals surface area contributed by atoms with Gasteiger partial charge in [0.1, 0.15) is 5.52 Å². The average Bonchev–Trinajstić information content (AvgIpc) is 2.81. The van der Waals surface area contributed by atoms with Crippen molar-refractivity contribution in [1.29, 1.82) is 0 Å². The molecule has 0 unspecified atom stereocenters. The lowest BCUT2D eigenvalue weighted by Crippen LogP contribution is -2.05. The smallest absolute Gasteiger partial charge is 0.227 e. The number of carbonyl (C=O) groups excluding carboxylic acids is 1. The van der Waals surface area contributed by atoms with Crippen molar-refractivity contribution in [2.75, 3.05) is 5.32 Å². The van der Waals surface area contributed by atoms with Crippen molar-refractivity contribution in [2.45, 2.75) is 13.8 Å². The molecule has 0 saturated heterocycles. The van der Waals surface area contributed by atoms with Crippen molar-refractivity contribution in [3.63, 3.8) is 0 Å². The highest BCUT2D eigenvalue weighted by molar-refractivity contribution is 5.91. The van der Waals surface area contributed by atoms with Crippen LogP contribution in [0.3, 0.4) is 0 Å². The van der Waals surface area contributed by atoms with Crippen LogP contribution in [0.1, 0.15) is 12.5 Å². The Hall–Kier alpha value is -2.62. The largest absolute Gasteiger partial charge is 0.436 e. The Morgan fingerprint density at radius 2 is 1.90 bits per heavy atom. The molecule has 1 aromatic heterocycles. The number of nitrogens with one attached hydrogen (secondary N) is 1. The number of hydrogen-bond acceptors (Lipinski definition) is 3. The zero-order valence-electron chi connectivity index (χ0n) is 11.3. The molecular weight excluding hydrogens is 252 g/mol. The first-order valence-corrected chi connectivity index (χ1v) is 6.37. The fourth-order valence-corrected chi connectivity index (χ4v) is 2.03. The van der Waals surface area contributed by atoms with Crippen molar-refractivity contribution in [1.82, 2.24) is 4.98 Å². The van der Waals surface area contributed by atoms with Crippen molar-refractivity contribution < 1.29 is 9.21 Å². The molecule has 2 aromatic carbocycles. The van der Waals surface area contributed by atoms with Gasteiger partial charge in [-0.25, -0.2) is 4.98 Å². The first-order valence-electron chi connectivity index (χ1n) is 6.37. The lowest BCUT2D eigenvalue weighted by molar-refractivity contribution is -0.114. The third-order valence-corrected chi connectivity index (χ3v) is 3.01. The van der Waals surface area contributed by atoms with E-state index >= 15 is 0 Å². The van der Waals surface area contributed by atoms with Crippen LogP contribution >= 0.6 is 0 Å². The van der Waals surface area contributed by atoms with Crippen molar-refractivity contribution in [2.24, 2.45) is 0 Å². The van der Waals surface area contributed by atoms with E-state index in [0.717, 1.165) is 11.1 Å².